The molecule has 1 N–H and O–H groups in total. The van der Waals surface area contributed by atoms with E-state index in [1.165, 1.54) is 0 Å². The molecule has 2 aliphatic rings. The van der Waals surface area contributed by atoms with Crippen LogP contribution >= 0.6 is 11.8 Å². The van der Waals surface area contributed by atoms with E-state index in [1.807, 2.05) is 0 Å². The zero-order chi connectivity index (χ0) is 6.81. The molecule has 4 heteroatoms. The van der Waals surface area contributed by atoms with Crippen LogP contribution in [0.25, 0.3) is 0 Å². The summed E-state index contributed by atoms with van der Waals surface area (Å²) in [6, 6.07) is 0. The first-order valence-electron chi connectivity index (χ1n) is 3.30. The lowest BCUT2D eigenvalue weighted by Crippen LogP contribution is -2.33. The van der Waals surface area contributed by atoms with Crippen LogP contribution in [0.15, 0.2) is 16.6 Å². The van der Waals surface area contributed by atoms with E-state index in [1.54, 1.807) is 11.8 Å². The van der Waals surface area contributed by atoms with Gasteiger partial charge in [0.05, 0.1) is 12.4 Å². The maximum Gasteiger partial charge on any atom is 0.198 e. The highest BCUT2D eigenvalue weighted by molar-refractivity contribution is 8.02. The summed E-state index contributed by atoms with van der Waals surface area (Å²) in [6.07, 6.45) is 2.06. The third-order valence-electron chi connectivity index (χ3n) is 1.48. The lowest BCUT2D eigenvalue weighted by Gasteiger charge is -2.13. The van der Waals surface area contributed by atoms with Gasteiger partial charge in [0.25, 0.3) is 0 Å². The first kappa shape index (κ1) is 6.09. The van der Waals surface area contributed by atoms with Crippen LogP contribution in [0, 0.1) is 0 Å². The average molecular weight is 155 g/mol. The lowest BCUT2D eigenvalue weighted by molar-refractivity contribution is 0.649. The summed E-state index contributed by atoms with van der Waals surface area (Å²) in [5, 5.41) is 5.30. The van der Waals surface area contributed by atoms with Crippen LogP contribution in [-0.2, 0) is 0 Å². The van der Waals surface area contributed by atoms with Crippen LogP contribution in [0.1, 0.15) is 0 Å². The lowest BCUT2D eigenvalue weighted by atomic mass is 10.7. The predicted molar refractivity (Wildman–Crippen MR) is 43.7 cm³/mol. The Labute approximate surface area is 64.2 Å². The molecule has 3 nitrogen and oxygen atoms in total. The van der Waals surface area contributed by atoms with E-state index in [9.17, 15) is 0 Å². The monoisotopic (exact) mass is 155 g/mol. The summed E-state index contributed by atoms with van der Waals surface area (Å²) in [6.45, 7) is 1.91. The molecule has 54 valence electrons. The molecule has 0 aromatic carbocycles. The number of hydrogen-bond donors (Lipinski definition) is 1. The number of hydrogen-bond acceptors (Lipinski definition) is 4. The fourth-order valence-electron chi connectivity index (χ4n) is 0.992. The second-order valence-electron chi connectivity index (χ2n) is 2.18. The molecule has 0 aromatic rings. The van der Waals surface area contributed by atoms with Gasteiger partial charge in [-0.25, -0.2) is 0 Å². The van der Waals surface area contributed by atoms with Gasteiger partial charge >= 0.3 is 0 Å². The first-order valence-corrected chi connectivity index (χ1v) is 4.35. The molecule has 0 aliphatic carbocycles. The standard InChI is InChI=1S/C6H9N3S/c1-2-8-6(7-1)9-3-4-10-5-9/h3-4H,1-2,5H2,(H,7,8). The third kappa shape index (κ3) is 0.988. The molecule has 2 heterocycles. The summed E-state index contributed by atoms with van der Waals surface area (Å²) >= 11 is 1.79. The maximum atomic E-state index is 4.28. The van der Waals surface area contributed by atoms with Crippen molar-refractivity contribution in [2.75, 3.05) is 19.0 Å². The van der Waals surface area contributed by atoms with E-state index in [-0.39, 0.29) is 0 Å². The van der Waals surface area contributed by atoms with Crippen molar-refractivity contribution in [3.8, 4) is 0 Å². The van der Waals surface area contributed by atoms with Gasteiger partial charge < -0.3 is 10.2 Å². The zero-order valence-electron chi connectivity index (χ0n) is 5.58. The van der Waals surface area contributed by atoms with E-state index < -0.39 is 0 Å². The largest absolute Gasteiger partial charge is 0.354 e. The second kappa shape index (κ2) is 2.54. The molecule has 10 heavy (non-hydrogen) atoms. The molecule has 0 fully saturated rings. The predicted octanol–water partition coefficient (Wildman–Crippen LogP) is 0.423. The van der Waals surface area contributed by atoms with Crippen LogP contribution in [0.3, 0.4) is 0 Å². The molecular formula is C6H9N3S. The molecule has 0 saturated heterocycles. The van der Waals surface area contributed by atoms with Gasteiger partial charge in [0, 0.05) is 12.7 Å². The van der Waals surface area contributed by atoms with Gasteiger partial charge in [0.2, 0.25) is 0 Å². The van der Waals surface area contributed by atoms with Crippen LogP contribution in [-0.4, -0.2) is 29.8 Å². The summed E-state index contributed by atoms with van der Waals surface area (Å²) in [5.74, 6) is 2.03. The molecule has 0 amide bonds. The number of aliphatic imine (C=N–C) groups is 1. The van der Waals surface area contributed by atoms with Crippen molar-refractivity contribution in [3.05, 3.63) is 11.6 Å². The van der Waals surface area contributed by atoms with E-state index in [0.717, 1.165) is 24.9 Å². The highest BCUT2D eigenvalue weighted by Gasteiger charge is 2.13. The van der Waals surface area contributed by atoms with Gasteiger partial charge in [-0.05, 0) is 5.41 Å². The van der Waals surface area contributed by atoms with Crippen molar-refractivity contribution in [2.24, 2.45) is 4.99 Å². The van der Waals surface area contributed by atoms with E-state index in [2.05, 4.69) is 26.8 Å². The quantitative estimate of drug-likeness (QED) is 0.549. The molecule has 0 atom stereocenters. The summed E-state index contributed by atoms with van der Waals surface area (Å²) in [4.78, 5) is 6.41. The molecule has 2 aliphatic heterocycles. The van der Waals surface area contributed by atoms with E-state index >= 15 is 0 Å². The molecule has 0 radical (unpaired) electrons. The van der Waals surface area contributed by atoms with Crippen molar-refractivity contribution in [3.63, 3.8) is 0 Å². The Kier molecular flexibility index (Phi) is 1.55. The number of thioether (sulfide) groups is 1. The average Bonchev–Trinajstić information content (AvgIpc) is 2.59. The topological polar surface area (TPSA) is 27.6 Å². The first-order chi connectivity index (χ1) is 4.97. The summed E-state index contributed by atoms with van der Waals surface area (Å²) in [7, 11) is 0. The van der Waals surface area contributed by atoms with Gasteiger partial charge in [-0.3, -0.25) is 4.99 Å². The van der Waals surface area contributed by atoms with Gasteiger partial charge in [-0.2, -0.15) is 0 Å². The molecular weight excluding hydrogens is 146 g/mol. The van der Waals surface area contributed by atoms with Crippen molar-refractivity contribution in [2.45, 2.75) is 0 Å². The van der Waals surface area contributed by atoms with Crippen LogP contribution < -0.4 is 5.32 Å². The zero-order valence-corrected chi connectivity index (χ0v) is 6.40. The summed E-state index contributed by atoms with van der Waals surface area (Å²) in [5.41, 5.74) is 0. The smallest absolute Gasteiger partial charge is 0.198 e. The molecule has 2 rings (SSSR count). The van der Waals surface area contributed by atoms with E-state index in [0.29, 0.717) is 0 Å². The van der Waals surface area contributed by atoms with Gasteiger partial charge in [-0.1, -0.05) is 0 Å². The van der Waals surface area contributed by atoms with Crippen LogP contribution in [0.2, 0.25) is 0 Å². The normalized spacial score (nSPS) is 23.2. The molecule has 0 bridgehead atoms. The molecule has 0 unspecified atom stereocenters. The minimum Gasteiger partial charge on any atom is -0.354 e. The number of rotatable bonds is 0. The Morgan fingerprint density at radius 2 is 2.70 bits per heavy atom. The number of nitrogens with one attached hydrogen (secondary N) is 1. The van der Waals surface area contributed by atoms with Crippen molar-refractivity contribution >= 4 is 17.7 Å². The van der Waals surface area contributed by atoms with Crippen molar-refractivity contribution < 1.29 is 0 Å². The molecule has 0 saturated carbocycles. The van der Waals surface area contributed by atoms with Gasteiger partial charge in [-0.15, -0.1) is 11.8 Å². The van der Waals surface area contributed by atoms with Crippen molar-refractivity contribution in [1.29, 1.82) is 0 Å². The summed E-state index contributed by atoms with van der Waals surface area (Å²) < 4.78 is 0. The Balaban J connectivity index is 2.04. The Morgan fingerprint density at radius 3 is 3.30 bits per heavy atom. The fraction of sp³-hybridized carbons (Fsp3) is 0.500. The minimum atomic E-state index is 0.921. The maximum absolute atomic E-state index is 4.28. The van der Waals surface area contributed by atoms with Crippen LogP contribution in [0.4, 0.5) is 0 Å². The highest BCUT2D eigenvalue weighted by atomic mass is 32.2. The minimum absolute atomic E-state index is 0.921. The van der Waals surface area contributed by atoms with Gasteiger partial charge in [0.1, 0.15) is 0 Å². The Bertz CT molecular complexity index is 187. The van der Waals surface area contributed by atoms with Crippen molar-refractivity contribution in [1.82, 2.24) is 10.2 Å². The Morgan fingerprint density at radius 1 is 1.70 bits per heavy atom. The molecule has 0 spiro atoms. The van der Waals surface area contributed by atoms with E-state index in [4.69, 9.17) is 0 Å². The Hall–Kier alpha value is -0.640. The number of nitrogens with zero attached hydrogens (tertiary/aromatic N) is 2. The second-order valence-corrected chi connectivity index (χ2v) is 3.05. The molecule has 0 aromatic heterocycles. The third-order valence-corrected chi connectivity index (χ3v) is 2.22. The van der Waals surface area contributed by atoms with Crippen LogP contribution in [0.5, 0.6) is 0 Å². The number of guanidine groups is 1. The highest BCUT2D eigenvalue weighted by Crippen LogP contribution is 2.15. The fourth-order valence-corrected chi connectivity index (χ4v) is 1.68. The van der Waals surface area contributed by atoms with Gasteiger partial charge in [0.15, 0.2) is 5.96 Å². The SMILES string of the molecule is C1=CN(C2=NCCN2)CS1.